The van der Waals surface area contributed by atoms with Crippen LogP contribution in [0.3, 0.4) is 0 Å². The summed E-state index contributed by atoms with van der Waals surface area (Å²) in [5.74, 6) is 1.68. The van der Waals surface area contributed by atoms with Crippen LogP contribution >= 0.6 is 0 Å². The predicted octanol–water partition coefficient (Wildman–Crippen LogP) is 3.23. The standard InChI is InChI=1S/C16H18N4/c1-2-13-11-15(18-14-5-3-4-6-14)20-16(19-13)12-7-9-17-10-8-12/h3-4,7-11,14H,2,5-6H2,1H3,(H,18,19,20). The third-order valence-corrected chi connectivity index (χ3v) is 3.44. The van der Waals surface area contributed by atoms with Crippen molar-refractivity contribution in [3.8, 4) is 11.4 Å². The van der Waals surface area contributed by atoms with Crippen molar-refractivity contribution in [3.05, 3.63) is 48.4 Å². The van der Waals surface area contributed by atoms with E-state index in [9.17, 15) is 0 Å². The van der Waals surface area contributed by atoms with Crippen LogP contribution in [0.4, 0.5) is 5.82 Å². The summed E-state index contributed by atoms with van der Waals surface area (Å²) in [6, 6.07) is 6.38. The summed E-state index contributed by atoms with van der Waals surface area (Å²) in [6.45, 7) is 2.11. The molecule has 0 saturated heterocycles. The average Bonchev–Trinajstić information content (AvgIpc) is 3.00. The third-order valence-electron chi connectivity index (χ3n) is 3.44. The molecule has 1 aliphatic carbocycles. The number of rotatable bonds is 4. The lowest BCUT2D eigenvalue weighted by atomic mass is 10.2. The molecule has 0 saturated carbocycles. The first-order valence-corrected chi connectivity index (χ1v) is 7.05. The van der Waals surface area contributed by atoms with Crippen LogP contribution in [0.2, 0.25) is 0 Å². The van der Waals surface area contributed by atoms with E-state index in [0.29, 0.717) is 6.04 Å². The molecule has 0 spiro atoms. The molecule has 0 fully saturated rings. The van der Waals surface area contributed by atoms with Gasteiger partial charge in [0.05, 0.1) is 0 Å². The summed E-state index contributed by atoms with van der Waals surface area (Å²) in [4.78, 5) is 13.3. The van der Waals surface area contributed by atoms with Gasteiger partial charge in [0, 0.05) is 35.8 Å². The zero-order chi connectivity index (χ0) is 13.8. The zero-order valence-corrected chi connectivity index (χ0v) is 11.6. The third kappa shape index (κ3) is 2.85. The van der Waals surface area contributed by atoms with Gasteiger partial charge in [0.25, 0.3) is 0 Å². The Hall–Kier alpha value is -2.23. The Morgan fingerprint density at radius 1 is 1.15 bits per heavy atom. The van der Waals surface area contributed by atoms with Crippen molar-refractivity contribution in [1.29, 1.82) is 0 Å². The minimum absolute atomic E-state index is 0.458. The van der Waals surface area contributed by atoms with E-state index < -0.39 is 0 Å². The molecule has 0 aromatic carbocycles. The molecule has 4 nitrogen and oxygen atoms in total. The average molecular weight is 266 g/mol. The van der Waals surface area contributed by atoms with Crippen LogP contribution in [0.5, 0.6) is 0 Å². The van der Waals surface area contributed by atoms with E-state index in [1.807, 2.05) is 18.2 Å². The minimum Gasteiger partial charge on any atom is -0.367 e. The van der Waals surface area contributed by atoms with Crippen LogP contribution in [-0.2, 0) is 6.42 Å². The number of aryl methyl sites for hydroxylation is 1. The van der Waals surface area contributed by atoms with Gasteiger partial charge in [-0.25, -0.2) is 9.97 Å². The van der Waals surface area contributed by atoms with Gasteiger partial charge in [-0.3, -0.25) is 4.98 Å². The van der Waals surface area contributed by atoms with Gasteiger partial charge in [0.1, 0.15) is 5.82 Å². The Morgan fingerprint density at radius 2 is 1.90 bits per heavy atom. The van der Waals surface area contributed by atoms with Crippen molar-refractivity contribution in [2.24, 2.45) is 0 Å². The Balaban J connectivity index is 1.90. The van der Waals surface area contributed by atoms with Crippen molar-refractivity contribution in [1.82, 2.24) is 15.0 Å². The molecule has 2 aromatic rings. The molecular weight excluding hydrogens is 248 g/mol. The van der Waals surface area contributed by atoms with Crippen LogP contribution in [0.1, 0.15) is 25.5 Å². The molecule has 3 rings (SSSR count). The monoisotopic (exact) mass is 266 g/mol. The van der Waals surface area contributed by atoms with Crippen molar-refractivity contribution in [2.75, 3.05) is 5.32 Å². The maximum absolute atomic E-state index is 4.64. The maximum Gasteiger partial charge on any atom is 0.161 e. The highest BCUT2D eigenvalue weighted by molar-refractivity contribution is 5.57. The molecule has 1 N–H and O–H groups in total. The van der Waals surface area contributed by atoms with Crippen molar-refractivity contribution in [3.63, 3.8) is 0 Å². The van der Waals surface area contributed by atoms with Crippen LogP contribution in [-0.4, -0.2) is 21.0 Å². The second-order valence-electron chi connectivity index (χ2n) is 4.94. The summed E-state index contributed by atoms with van der Waals surface area (Å²) in [5, 5.41) is 3.50. The number of aromatic nitrogens is 3. The number of nitrogens with one attached hydrogen (secondary N) is 1. The molecule has 0 radical (unpaired) electrons. The topological polar surface area (TPSA) is 50.7 Å². The number of nitrogens with zero attached hydrogens (tertiary/aromatic N) is 3. The summed E-state index contributed by atoms with van der Waals surface area (Å²) in [7, 11) is 0. The van der Waals surface area contributed by atoms with Crippen molar-refractivity contribution >= 4 is 5.82 Å². The first-order chi connectivity index (χ1) is 9.85. The second-order valence-corrected chi connectivity index (χ2v) is 4.94. The molecule has 20 heavy (non-hydrogen) atoms. The molecule has 102 valence electrons. The highest BCUT2D eigenvalue weighted by Crippen LogP contribution is 2.20. The van der Waals surface area contributed by atoms with Gasteiger partial charge in [-0.2, -0.15) is 0 Å². The molecule has 2 aromatic heterocycles. The van der Waals surface area contributed by atoms with Gasteiger partial charge < -0.3 is 5.32 Å². The first kappa shape index (κ1) is 12.8. The zero-order valence-electron chi connectivity index (χ0n) is 11.6. The molecule has 2 heterocycles. The van der Waals surface area contributed by atoms with E-state index >= 15 is 0 Å². The smallest absolute Gasteiger partial charge is 0.161 e. The molecule has 4 heteroatoms. The molecule has 0 atom stereocenters. The van der Waals surface area contributed by atoms with Crippen LogP contribution in [0, 0.1) is 0 Å². The van der Waals surface area contributed by atoms with E-state index in [1.165, 1.54) is 0 Å². The SMILES string of the molecule is CCc1cc(NC2CC=CC2)nc(-c2ccncc2)n1. The highest BCUT2D eigenvalue weighted by atomic mass is 15.1. The number of hydrogen-bond donors (Lipinski definition) is 1. The Bertz CT molecular complexity index is 599. The maximum atomic E-state index is 4.64. The molecule has 0 amide bonds. The van der Waals surface area contributed by atoms with Gasteiger partial charge >= 0.3 is 0 Å². The van der Waals surface area contributed by atoms with Gasteiger partial charge in [-0.1, -0.05) is 19.1 Å². The summed E-state index contributed by atoms with van der Waals surface area (Å²) >= 11 is 0. The largest absolute Gasteiger partial charge is 0.367 e. The fourth-order valence-corrected chi connectivity index (χ4v) is 2.33. The molecule has 1 aliphatic rings. The first-order valence-electron chi connectivity index (χ1n) is 7.05. The predicted molar refractivity (Wildman–Crippen MR) is 80.4 cm³/mol. The Labute approximate surface area is 119 Å². The Kier molecular flexibility index (Phi) is 3.72. The second kappa shape index (κ2) is 5.82. The Morgan fingerprint density at radius 3 is 2.60 bits per heavy atom. The van der Waals surface area contributed by atoms with E-state index in [2.05, 4.69) is 39.3 Å². The van der Waals surface area contributed by atoms with Gasteiger partial charge in [-0.15, -0.1) is 0 Å². The molecule has 0 unspecified atom stereocenters. The summed E-state index contributed by atoms with van der Waals surface area (Å²) in [5.41, 5.74) is 2.06. The number of hydrogen-bond acceptors (Lipinski definition) is 4. The quantitative estimate of drug-likeness (QED) is 0.863. The van der Waals surface area contributed by atoms with E-state index in [1.54, 1.807) is 12.4 Å². The normalized spacial score (nSPS) is 14.7. The van der Waals surface area contributed by atoms with Gasteiger partial charge in [-0.05, 0) is 31.4 Å². The highest BCUT2D eigenvalue weighted by Gasteiger charge is 2.12. The van der Waals surface area contributed by atoms with Crippen molar-refractivity contribution < 1.29 is 0 Å². The van der Waals surface area contributed by atoms with Crippen molar-refractivity contribution in [2.45, 2.75) is 32.2 Å². The van der Waals surface area contributed by atoms with E-state index in [4.69, 9.17) is 0 Å². The molecule has 0 aliphatic heterocycles. The van der Waals surface area contributed by atoms with Crippen LogP contribution in [0.15, 0.2) is 42.7 Å². The van der Waals surface area contributed by atoms with Gasteiger partial charge in [0.2, 0.25) is 0 Å². The van der Waals surface area contributed by atoms with E-state index in [0.717, 1.165) is 42.2 Å². The van der Waals surface area contributed by atoms with E-state index in [-0.39, 0.29) is 0 Å². The summed E-state index contributed by atoms with van der Waals surface area (Å²) < 4.78 is 0. The van der Waals surface area contributed by atoms with Crippen LogP contribution in [0.25, 0.3) is 11.4 Å². The summed E-state index contributed by atoms with van der Waals surface area (Å²) in [6.07, 6.45) is 11.0. The molecule has 0 bridgehead atoms. The number of pyridine rings is 1. The fraction of sp³-hybridized carbons (Fsp3) is 0.312. The lowest BCUT2D eigenvalue weighted by Crippen LogP contribution is -2.16. The molecular formula is C16H18N4. The minimum atomic E-state index is 0.458. The van der Waals surface area contributed by atoms with Crippen LogP contribution < -0.4 is 5.32 Å². The number of anilines is 1. The lowest BCUT2D eigenvalue weighted by molar-refractivity contribution is 0.779. The van der Waals surface area contributed by atoms with Gasteiger partial charge in [0.15, 0.2) is 5.82 Å². The fourth-order valence-electron chi connectivity index (χ4n) is 2.33. The lowest BCUT2D eigenvalue weighted by Gasteiger charge is -2.14.